The Bertz CT molecular complexity index is 1620. The summed E-state index contributed by atoms with van der Waals surface area (Å²) in [6.45, 7) is 9.75. The van der Waals surface area contributed by atoms with Crippen molar-refractivity contribution in [2.24, 2.45) is 0 Å². The molecule has 0 unspecified atom stereocenters. The number of piperazine rings is 2. The lowest BCUT2D eigenvalue weighted by atomic mass is 9.97. The van der Waals surface area contributed by atoms with Gasteiger partial charge in [-0.05, 0) is 47.5 Å². The highest BCUT2D eigenvalue weighted by atomic mass is 35.5. The van der Waals surface area contributed by atoms with Gasteiger partial charge < -0.3 is 9.80 Å². The lowest BCUT2D eigenvalue weighted by Crippen LogP contribution is -2.47. The van der Waals surface area contributed by atoms with Gasteiger partial charge in [-0.1, -0.05) is 42.5 Å². The summed E-state index contributed by atoms with van der Waals surface area (Å²) in [4.78, 5) is 28.9. The third-order valence-electron chi connectivity index (χ3n) is 8.46. The second kappa shape index (κ2) is 13.5. The molecule has 0 N–H and O–H groups in total. The fraction of sp³-hybridized carbons (Fsp3) is 0.294. The van der Waals surface area contributed by atoms with Crippen LogP contribution in [-0.4, -0.2) is 82.1 Å². The van der Waals surface area contributed by atoms with Gasteiger partial charge in [0.2, 0.25) is 0 Å². The topological polar surface area (TPSA) is 64.5 Å². The summed E-state index contributed by atoms with van der Waals surface area (Å²) in [6, 6.07) is 27.1. The molecule has 5 heterocycles. The molecular formula is C34H37ClN8. The number of rotatable bonds is 7. The predicted octanol–water partition coefficient (Wildman–Crippen LogP) is 5.15. The van der Waals surface area contributed by atoms with Crippen molar-refractivity contribution in [3.8, 4) is 11.3 Å². The van der Waals surface area contributed by atoms with E-state index in [0.29, 0.717) is 0 Å². The first kappa shape index (κ1) is 29.0. The third kappa shape index (κ3) is 6.62. The highest BCUT2D eigenvalue weighted by molar-refractivity contribution is 5.85. The lowest BCUT2D eigenvalue weighted by Gasteiger charge is -2.37. The van der Waals surface area contributed by atoms with Crippen LogP contribution in [0.4, 0.5) is 11.6 Å². The molecule has 0 radical (unpaired) electrons. The van der Waals surface area contributed by atoms with Crippen LogP contribution in [0.1, 0.15) is 11.1 Å². The van der Waals surface area contributed by atoms with Crippen molar-refractivity contribution in [1.29, 1.82) is 0 Å². The fourth-order valence-electron chi connectivity index (χ4n) is 6.11. The number of halogens is 1. The molecule has 0 amide bonds. The van der Waals surface area contributed by atoms with Gasteiger partial charge in [0, 0.05) is 83.4 Å². The molecule has 2 aliphatic rings. The highest BCUT2D eigenvalue weighted by Gasteiger charge is 2.23. The Morgan fingerprint density at radius 1 is 0.535 bits per heavy atom. The van der Waals surface area contributed by atoms with Gasteiger partial charge in [-0.15, -0.1) is 12.4 Å². The molecule has 0 atom stereocenters. The number of benzene rings is 2. The Balaban J connectivity index is 0.00000329. The van der Waals surface area contributed by atoms with E-state index in [1.54, 1.807) is 0 Å². The zero-order chi connectivity index (χ0) is 28.1. The summed E-state index contributed by atoms with van der Waals surface area (Å²) in [7, 11) is 0. The van der Waals surface area contributed by atoms with E-state index < -0.39 is 0 Å². The molecule has 9 heteroatoms. The Morgan fingerprint density at radius 3 is 1.72 bits per heavy atom. The zero-order valence-electron chi connectivity index (χ0n) is 24.3. The lowest BCUT2D eigenvalue weighted by molar-refractivity contribution is 0.237. The van der Waals surface area contributed by atoms with Crippen LogP contribution < -0.4 is 9.80 Å². The van der Waals surface area contributed by atoms with Crippen LogP contribution in [0.3, 0.4) is 0 Å². The number of nitrogens with zero attached hydrogens (tertiary/aromatic N) is 8. The first-order chi connectivity index (χ1) is 20.8. The van der Waals surface area contributed by atoms with E-state index in [9.17, 15) is 0 Å². The highest BCUT2D eigenvalue weighted by Crippen LogP contribution is 2.29. The van der Waals surface area contributed by atoms with E-state index in [1.807, 2.05) is 55.0 Å². The Hall–Kier alpha value is -4.11. The van der Waals surface area contributed by atoms with E-state index in [0.717, 1.165) is 93.8 Å². The Kier molecular flexibility index (Phi) is 9.07. The molecule has 3 aromatic heterocycles. The average Bonchev–Trinajstić information content (AvgIpc) is 3.07. The Labute approximate surface area is 259 Å². The molecule has 5 aromatic rings. The molecule has 0 saturated carbocycles. The van der Waals surface area contributed by atoms with Crippen LogP contribution in [0.2, 0.25) is 0 Å². The van der Waals surface area contributed by atoms with Gasteiger partial charge >= 0.3 is 0 Å². The SMILES string of the molecule is Cl.c1ccc(N2CCN(Cc3cccc(-c4cnc5ccccc5n4)c3CN3CCN(c4ccccn4)CC3)CC2)nc1. The zero-order valence-corrected chi connectivity index (χ0v) is 25.1. The van der Waals surface area contributed by atoms with Crippen LogP contribution in [0, 0.1) is 0 Å². The minimum absolute atomic E-state index is 0. The third-order valence-corrected chi connectivity index (χ3v) is 8.46. The normalized spacial score (nSPS) is 16.3. The van der Waals surface area contributed by atoms with Crippen molar-refractivity contribution in [3.05, 3.63) is 109 Å². The minimum Gasteiger partial charge on any atom is -0.354 e. The Morgan fingerprint density at radius 2 is 1.12 bits per heavy atom. The second-order valence-electron chi connectivity index (χ2n) is 11.1. The van der Waals surface area contributed by atoms with Crippen LogP contribution in [-0.2, 0) is 13.1 Å². The average molecular weight is 593 g/mol. The van der Waals surface area contributed by atoms with Gasteiger partial charge in [-0.2, -0.15) is 0 Å². The second-order valence-corrected chi connectivity index (χ2v) is 11.1. The van der Waals surface area contributed by atoms with Crippen molar-refractivity contribution in [1.82, 2.24) is 29.7 Å². The van der Waals surface area contributed by atoms with Gasteiger partial charge in [0.05, 0.1) is 22.9 Å². The summed E-state index contributed by atoms with van der Waals surface area (Å²) < 4.78 is 0. The van der Waals surface area contributed by atoms with Crippen LogP contribution in [0.25, 0.3) is 22.3 Å². The number of aromatic nitrogens is 4. The van der Waals surface area contributed by atoms with Crippen molar-refractivity contribution in [2.45, 2.75) is 13.1 Å². The van der Waals surface area contributed by atoms with Crippen LogP contribution >= 0.6 is 12.4 Å². The smallest absolute Gasteiger partial charge is 0.128 e. The monoisotopic (exact) mass is 592 g/mol. The first-order valence-electron chi connectivity index (χ1n) is 14.9. The summed E-state index contributed by atoms with van der Waals surface area (Å²) >= 11 is 0. The molecule has 0 bridgehead atoms. The summed E-state index contributed by atoms with van der Waals surface area (Å²) in [6.07, 6.45) is 5.70. The van der Waals surface area contributed by atoms with Gasteiger partial charge in [0.25, 0.3) is 0 Å². The van der Waals surface area contributed by atoms with Crippen LogP contribution in [0.15, 0.2) is 97.5 Å². The maximum atomic E-state index is 5.06. The molecule has 43 heavy (non-hydrogen) atoms. The number of fused-ring (bicyclic) bond motifs is 1. The maximum absolute atomic E-state index is 5.06. The summed E-state index contributed by atoms with van der Waals surface area (Å²) in [5, 5.41) is 0. The molecular weight excluding hydrogens is 556 g/mol. The van der Waals surface area contributed by atoms with Crippen molar-refractivity contribution in [3.63, 3.8) is 0 Å². The molecule has 2 aliphatic heterocycles. The molecule has 0 aliphatic carbocycles. The fourth-order valence-corrected chi connectivity index (χ4v) is 6.11. The quantitative estimate of drug-likeness (QED) is 0.257. The molecule has 7 rings (SSSR count). The predicted molar refractivity (Wildman–Crippen MR) is 176 cm³/mol. The maximum Gasteiger partial charge on any atom is 0.128 e. The van der Waals surface area contributed by atoms with Gasteiger partial charge in [0.15, 0.2) is 0 Å². The van der Waals surface area contributed by atoms with E-state index >= 15 is 0 Å². The van der Waals surface area contributed by atoms with Crippen molar-refractivity contribution in [2.75, 3.05) is 62.2 Å². The number of pyridine rings is 2. The van der Waals surface area contributed by atoms with Crippen molar-refractivity contribution < 1.29 is 0 Å². The largest absolute Gasteiger partial charge is 0.354 e. The van der Waals surface area contributed by atoms with Crippen LogP contribution in [0.5, 0.6) is 0 Å². The van der Waals surface area contributed by atoms with E-state index in [4.69, 9.17) is 9.97 Å². The molecule has 8 nitrogen and oxygen atoms in total. The van der Waals surface area contributed by atoms with Gasteiger partial charge in [0.1, 0.15) is 11.6 Å². The van der Waals surface area contributed by atoms with E-state index in [1.165, 1.54) is 16.7 Å². The van der Waals surface area contributed by atoms with E-state index in [-0.39, 0.29) is 12.4 Å². The first-order valence-corrected chi connectivity index (χ1v) is 14.9. The van der Waals surface area contributed by atoms with Gasteiger partial charge in [-0.25, -0.2) is 15.0 Å². The number of para-hydroxylation sites is 2. The minimum atomic E-state index is 0. The number of hydrogen-bond donors (Lipinski definition) is 0. The molecule has 220 valence electrons. The standard InChI is InChI=1S/C34H36N8.ClH/c1-2-11-31-30(10-1)37-24-32(38-31)28-9-7-8-27(25-39-16-20-41(21-17-39)33-12-3-5-14-35-33)29(28)26-40-18-22-42(23-19-40)34-13-4-6-15-36-34;/h1-15,24H,16-23,25-26H2;1H. The van der Waals surface area contributed by atoms with Gasteiger partial charge in [-0.3, -0.25) is 14.8 Å². The summed E-state index contributed by atoms with van der Waals surface area (Å²) in [5.74, 6) is 2.13. The molecule has 2 aromatic carbocycles. The number of hydrogen-bond acceptors (Lipinski definition) is 8. The van der Waals surface area contributed by atoms with Crippen molar-refractivity contribution >= 4 is 35.1 Å². The molecule has 0 spiro atoms. The number of anilines is 2. The molecule has 2 fully saturated rings. The van der Waals surface area contributed by atoms with E-state index in [2.05, 4.69) is 72.0 Å². The summed E-state index contributed by atoms with van der Waals surface area (Å²) in [5.41, 5.74) is 6.72. The molecule has 2 saturated heterocycles.